The normalized spacial score (nSPS) is 11.6. The van der Waals surface area contributed by atoms with E-state index in [-0.39, 0.29) is 0 Å². The number of benzene rings is 1. The molecule has 4 heteroatoms. The number of anilines is 1. The van der Waals surface area contributed by atoms with Gasteiger partial charge in [0.1, 0.15) is 13.8 Å². The van der Waals surface area contributed by atoms with E-state index in [1.807, 2.05) is 18.2 Å². The topological polar surface area (TPSA) is 40.7 Å². The summed E-state index contributed by atoms with van der Waals surface area (Å²) < 4.78 is 0. The highest BCUT2D eigenvalue weighted by atomic mass is 28.3. The zero-order chi connectivity index (χ0) is 13.2. The van der Waals surface area contributed by atoms with Crippen molar-refractivity contribution in [1.82, 2.24) is 10.2 Å². The van der Waals surface area contributed by atoms with E-state index in [4.69, 9.17) is 0 Å². The monoisotopic (exact) mass is 259 g/mol. The minimum atomic E-state index is -1.41. The summed E-state index contributed by atoms with van der Waals surface area (Å²) >= 11 is 0. The number of rotatable bonds is 4. The van der Waals surface area contributed by atoms with Crippen molar-refractivity contribution in [2.75, 3.05) is 11.9 Å². The molecule has 0 spiro atoms. The number of aromatic amines is 1. The van der Waals surface area contributed by atoms with Crippen LogP contribution in [0.15, 0.2) is 30.3 Å². The van der Waals surface area contributed by atoms with Crippen LogP contribution >= 0.6 is 0 Å². The lowest BCUT2D eigenvalue weighted by atomic mass is 10.1. The first-order valence-corrected chi connectivity index (χ1v) is 9.92. The van der Waals surface area contributed by atoms with Crippen LogP contribution in [0.1, 0.15) is 6.92 Å². The van der Waals surface area contributed by atoms with Crippen molar-refractivity contribution in [1.29, 1.82) is 0 Å². The molecule has 2 aromatic rings. The van der Waals surface area contributed by atoms with E-state index in [9.17, 15) is 0 Å². The van der Waals surface area contributed by atoms with Gasteiger partial charge in [-0.25, -0.2) is 0 Å². The highest BCUT2D eigenvalue weighted by Gasteiger charge is 2.25. The summed E-state index contributed by atoms with van der Waals surface area (Å²) in [6.45, 7) is 10.0. The van der Waals surface area contributed by atoms with E-state index in [2.05, 4.69) is 54.2 Å². The maximum Gasteiger partial charge on any atom is 0.115 e. The van der Waals surface area contributed by atoms with Crippen LogP contribution in [0.4, 0.5) is 5.69 Å². The molecule has 0 fully saturated rings. The smallest absolute Gasteiger partial charge is 0.115 e. The minimum absolute atomic E-state index is 0.914. The lowest BCUT2D eigenvalue weighted by Crippen LogP contribution is -2.40. The van der Waals surface area contributed by atoms with Gasteiger partial charge in [-0.15, -0.1) is 0 Å². The molecule has 0 aliphatic carbocycles. The molecule has 0 radical (unpaired) electrons. The third-order valence-electron chi connectivity index (χ3n) is 2.92. The van der Waals surface area contributed by atoms with Crippen molar-refractivity contribution >= 4 is 19.1 Å². The highest BCUT2D eigenvalue weighted by molar-refractivity contribution is 6.89. The largest absolute Gasteiger partial charge is 0.382 e. The Kier molecular flexibility index (Phi) is 3.57. The Bertz CT molecular complexity index is 512. The van der Waals surface area contributed by atoms with E-state index in [1.165, 1.54) is 11.0 Å². The quantitative estimate of drug-likeness (QED) is 0.829. The molecule has 0 bridgehead atoms. The van der Waals surface area contributed by atoms with E-state index < -0.39 is 8.07 Å². The average molecular weight is 259 g/mol. The molecule has 1 aromatic carbocycles. The zero-order valence-electron chi connectivity index (χ0n) is 11.5. The summed E-state index contributed by atoms with van der Waals surface area (Å²) in [5.74, 6) is 0. The van der Waals surface area contributed by atoms with Crippen molar-refractivity contribution in [3.05, 3.63) is 30.3 Å². The molecule has 2 rings (SSSR count). The fourth-order valence-electron chi connectivity index (χ4n) is 2.04. The van der Waals surface area contributed by atoms with Gasteiger partial charge in [0, 0.05) is 17.4 Å². The number of nitrogens with zero attached hydrogens (tertiary/aromatic N) is 1. The molecular weight excluding hydrogens is 238 g/mol. The van der Waals surface area contributed by atoms with Gasteiger partial charge in [0.15, 0.2) is 0 Å². The molecule has 0 unspecified atom stereocenters. The first-order valence-electron chi connectivity index (χ1n) is 6.42. The molecule has 0 saturated carbocycles. The van der Waals surface area contributed by atoms with Crippen LogP contribution in [0.2, 0.25) is 19.6 Å². The van der Waals surface area contributed by atoms with Gasteiger partial charge in [-0.1, -0.05) is 50.0 Å². The third kappa shape index (κ3) is 2.48. The molecule has 0 aliphatic heterocycles. The standard InChI is InChI=1S/C14H21N3Si/c1-5-15-13-12(11-9-7-6-8-10-11)16-17-14(13)18(2,3)4/h6-10,15H,5H2,1-4H3,(H,16,17). The Hall–Kier alpha value is -1.55. The Morgan fingerprint density at radius 2 is 1.83 bits per heavy atom. The van der Waals surface area contributed by atoms with E-state index in [0.717, 1.165) is 17.8 Å². The van der Waals surface area contributed by atoms with Crippen LogP contribution < -0.4 is 10.6 Å². The molecule has 0 aliphatic rings. The Labute approximate surface area is 110 Å². The van der Waals surface area contributed by atoms with Gasteiger partial charge in [0.2, 0.25) is 0 Å². The summed E-state index contributed by atoms with van der Waals surface area (Å²) in [4.78, 5) is 0. The minimum Gasteiger partial charge on any atom is -0.382 e. The van der Waals surface area contributed by atoms with Crippen LogP contribution in [-0.4, -0.2) is 24.8 Å². The van der Waals surface area contributed by atoms with Crippen molar-refractivity contribution in [3.8, 4) is 11.3 Å². The molecule has 0 amide bonds. The molecule has 96 valence electrons. The second-order valence-electron chi connectivity index (χ2n) is 5.47. The van der Waals surface area contributed by atoms with Gasteiger partial charge >= 0.3 is 0 Å². The van der Waals surface area contributed by atoms with E-state index >= 15 is 0 Å². The summed E-state index contributed by atoms with van der Waals surface area (Å²) in [5.41, 5.74) is 3.38. The first kappa shape index (κ1) is 12.9. The molecule has 18 heavy (non-hydrogen) atoms. The average Bonchev–Trinajstić information content (AvgIpc) is 2.74. The van der Waals surface area contributed by atoms with Gasteiger partial charge < -0.3 is 5.32 Å². The van der Waals surface area contributed by atoms with E-state index in [1.54, 1.807) is 0 Å². The summed E-state index contributed by atoms with van der Waals surface area (Å²) in [6, 6.07) is 10.3. The first-order chi connectivity index (χ1) is 8.54. The number of aromatic nitrogens is 2. The number of nitrogens with one attached hydrogen (secondary N) is 2. The van der Waals surface area contributed by atoms with Crippen LogP contribution in [0.25, 0.3) is 11.3 Å². The second-order valence-corrected chi connectivity index (χ2v) is 10.5. The SMILES string of the molecule is CCNc1c(-c2ccccc2)n[nH]c1[Si](C)(C)C. The summed E-state index contributed by atoms with van der Waals surface area (Å²) in [6.07, 6.45) is 0. The highest BCUT2D eigenvalue weighted by Crippen LogP contribution is 2.25. The number of H-pyrrole nitrogens is 1. The fraction of sp³-hybridized carbons (Fsp3) is 0.357. The van der Waals surface area contributed by atoms with E-state index in [0.29, 0.717) is 0 Å². The predicted molar refractivity (Wildman–Crippen MR) is 81.2 cm³/mol. The number of hydrogen-bond acceptors (Lipinski definition) is 2. The Morgan fingerprint density at radius 3 is 2.39 bits per heavy atom. The van der Waals surface area contributed by atoms with Gasteiger partial charge in [-0.05, 0) is 6.92 Å². The number of hydrogen-bond donors (Lipinski definition) is 2. The third-order valence-corrected chi connectivity index (χ3v) is 4.78. The maximum atomic E-state index is 4.52. The summed E-state index contributed by atoms with van der Waals surface area (Å²) in [5, 5.41) is 12.5. The van der Waals surface area contributed by atoms with Crippen molar-refractivity contribution in [2.45, 2.75) is 26.6 Å². The fourth-order valence-corrected chi connectivity index (χ4v) is 3.39. The summed E-state index contributed by atoms with van der Waals surface area (Å²) in [7, 11) is -1.41. The van der Waals surface area contributed by atoms with Crippen LogP contribution in [0.5, 0.6) is 0 Å². The van der Waals surface area contributed by atoms with Gasteiger partial charge in [-0.3, -0.25) is 5.10 Å². The Morgan fingerprint density at radius 1 is 1.17 bits per heavy atom. The zero-order valence-corrected chi connectivity index (χ0v) is 12.5. The van der Waals surface area contributed by atoms with Gasteiger partial charge in [0.05, 0.1) is 5.69 Å². The van der Waals surface area contributed by atoms with Crippen molar-refractivity contribution in [3.63, 3.8) is 0 Å². The van der Waals surface area contributed by atoms with Crippen molar-refractivity contribution < 1.29 is 0 Å². The van der Waals surface area contributed by atoms with Gasteiger partial charge in [-0.2, -0.15) is 5.10 Å². The van der Waals surface area contributed by atoms with Crippen LogP contribution in [0, 0.1) is 0 Å². The molecular formula is C14H21N3Si. The lowest BCUT2D eigenvalue weighted by Gasteiger charge is -2.17. The molecule has 1 aromatic heterocycles. The molecule has 0 saturated heterocycles. The molecule has 1 heterocycles. The Balaban J connectivity index is 2.52. The van der Waals surface area contributed by atoms with Crippen molar-refractivity contribution in [2.24, 2.45) is 0 Å². The second kappa shape index (κ2) is 4.98. The lowest BCUT2D eigenvalue weighted by molar-refractivity contribution is 1.11. The molecule has 0 atom stereocenters. The maximum absolute atomic E-state index is 4.52. The van der Waals surface area contributed by atoms with Gasteiger partial charge in [0.25, 0.3) is 0 Å². The predicted octanol–water partition coefficient (Wildman–Crippen LogP) is 3.05. The molecule has 2 N–H and O–H groups in total. The molecule has 3 nitrogen and oxygen atoms in total. The van der Waals surface area contributed by atoms with Crippen LogP contribution in [-0.2, 0) is 0 Å². The van der Waals surface area contributed by atoms with Crippen LogP contribution in [0.3, 0.4) is 0 Å².